The molecule has 0 aromatic carbocycles. The average Bonchev–Trinajstić information content (AvgIpc) is 2.55. The molecule has 0 spiro atoms. The molecule has 0 aromatic rings. The normalized spacial score (nSPS) is 48.2. The first-order valence-corrected chi connectivity index (χ1v) is 4.46. The van der Waals surface area contributed by atoms with Crippen LogP contribution in [0.3, 0.4) is 0 Å². The van der Waals surface area contributed by atoms with Crippen molar-refractivity contribution >= 4 is 0 Å². The number of hydrogen-bond donors (Lipinski definition) is 3. The smallest absolute Gasteiger partial charge is 0.0966 e. The molecule has 70 valence electrons. The van der Waals surface area contributed by atoms with E-state index in [4.69, 9.17) is 5.11 Å². The Hall–Kier alpha value is -0.160. The van der Waals surface area contributed by atoms with Gasteiger partial charge in [-0.2, -0.15) is 0 Å². The summed E-state index contributed by atoms with van der Waals surface area (Å²) in [5, 5.41) is 27.8. The maximum absolute atomic E-state index is 9.51. The highest BCUT2D eigenvalue weighted by Crippen LogP contribution is 2.32. The highest BCUT2D eigenvalue weighted by atomic mass is 16.3. The van der Waals surface area contributed by atoms with E-state index in [1.165, 1.54) is 0 Å². The molecule has 2 aliphatic rings. The molecule has 2 aliphatic heterocycles. The predicted molar refractivity (Wildman–Crippen MR) is 42.6 cm³/mol. The average molecular weight is 173 g/mol. The molecular weight excluding hydrogens is 158 g/mol. The Morgan fingerprint density at radius 1 is 1.25 bits per heavy atom. The van der Waals surface area contributed by atoms with Crippen molar-refractivity contribution in [1.29, 1.82) is 0 Å². The Labute approximate surface area is 71.4 Å². The zero-order chi connectivity index (χ0) is 8.72. The van der Waals surface area contributed by atoms with Crippen molar-refractivity contribution in [2.75, 3.05) is 13.2 Å². The number of fused-ring (bicyclic) bond motifs is 1. The summed E-state index contributed by atoms with van der Waals surface area (Å²) in [6.07, 6.45) is 0.597. The molecule has 4 heteroatoms. The number of hydrogen-bond acceptors (Lipinski definition) is 4. The summed E-state index contributed by atoms with van der Waals surface area (Å²) in [5.41, 5.74) is 0. The van der Waals surface area contributed by atoms with Crippen molar-refractivity contribution in [1.82, 2.24) is 4.90 Å². The minimum Gasteiger partial charge on any atom is -0.395 e. The van der Waals surface area contributed by atoms with Crippen LogP contribution in [-0.2, 0) is 0 Å². The van der Waals surface area contributed by atoms with Crippen LogP contribution in [0.2, 0.25) is 0 Å². The molecular formula is C8H15NO3. The fourth-order valence-corrected chi connectivity index (χ4v) is 2.39. The summed E-state index contributed by atoms with van der Waals surface area (Å²) in [5.74, 6) is 0. The molecule has 0 aromatic heterocycles. The Morgan fingerprint density at radius 2 is 2.00 bits per heavy atom. The SMILES string of the molecule is OCC1CCC2C(O)C(O)CN12. The van der Waals surface area contributed by atoms with E-state index in [2.05, 4.69) is 0 Å². The van der Waals surface area contributed by atoms with Crippen molar-refractivity contribution in [3.05, 3.63) is 0 Å². The van der Waals surface area contributed by atoms with E-state index in [9.17, 15) is 10.2 Å². The maximum Gasteiger partial charge on any atom is 0.0966 e. The molecule has 3 N–H and O–H groups in total. The molecule has 2 heterocycles. The van der Waals surface area contributed by atoms with E-state index in [1.807, 2.05) is 4.90 Å². The minimum absolute atomic E-state index is 0.0807. The first-order chi connectivity index (χ1) is 5.74. The van der Waals surface area contributed by atoms with E-state index < -0.39 is 12.2 Å². The summed E-state index contributed by atoms with van der Waals surface area (Å²) in [6.45, 7) is 0.646. The van der Waals surface area contributed by atoms with Gasteiger partial charge in [-0.1, -0.05) is 0 Å². The fraction of sp³-hybridized carbons (Fsp3) is 1.00. The predicted octanol–water partition coefficient (Wildman–Crippen LogP) is -1.45. The number of nitrogens with zero attached hydrogens (tertiary/aromatic N) is 1. The zero-order valence-electron chi connectivity index (χ0n) is 6.93. The number of aliphatic hydroxyl groups excluding tert-OH is 3. The molecule has 0 bridgehead atoms. The van der Waals surface area contributed by atoms with Crippen molar-refractivity contribution in [3.63, 3.8) is 0 Å². The van der Waals surface area contributed by atoms with E-state index in [1.54, 1.807) is 0 Å². The Morgan fingerprint density at radius 3 is 2.67 bits per heavy atom. The largest absolute Gasteiger partial charge is 0.395 e. The van der Waals surface area contributed by atoms with Gasteiger partial charge in [-0.25, -0.2) is 0 Å². The summed E-state index contributed by atoms with van der Waals surface area (Å²) < 4.78 is 0. The number of aliphatic hydroxyl groups is 3. The van der Waals surface area contributed by atoms with Crippen LogP contribution < -0.4 is 0 Å². The standard InChI is InChI=1S/C8H15NO3/c10-4-5-1-2-6-8(12)7(11)3-9(5)6/h5-8,10-12H,1-4H2. The van der Waals surface area contributed by atoms with Gasteiger partial charge >= 0.3 is 0 Å². The van der Waals surface area contributed by atoms with Gasteiger partial charge in [-0.15, -0.1) is 0 Å². The van der Waals surface area contributed by atoms with Gasteiger partial charge in [0, 0.05) is 18.6 Å². The first kappa shape index (κ1) is 8.44. The van der Waals surface area contributed by atoms with Gasteiger partial charge in [0.1, 0.15) is 0 Å². The molecule has 0 saturated carbocycles. The minimum atomic E-state index is -0.621. The van der Waals surface area contributed by atoms with Crippen molar-refractivity contribution in [3.8, 4) is 0 Å². The lowest BCUT2D eigenvalue weighted by Crippen LogP contribution is -2.36. The maximum atomic E-state index is 9.51. The molecule has 0 aliphatic carbocycles. The van der Waals surface area contributed by atoms with Crippen molar-refractivity contribution in [2.24, 2.45) is 0 Å². The lowest BCUT2D eigenvalue weighted by Gasteiger charge is -2.21. The van der Waals surface area contributed by atoms with E-state index >= 15 is 0 Å². The molecule has 4 unspecified atom stereocenters. The second kappa shape index (κ2) is 2.96. The molecule has 0 radical (unpaired) electrons. The molecule has 2 saturated heterocycles. The molecule has 2 rings (SSSR count). The van der Waals surface area contributed by atoms with Gasteiger partial charge in [-0.3, -0.25) is 4.90 Å². The molecule has 4 atom stereocenters. The van der Waals surface area contributed by atoms with Gasteiger partial charge < -0.3 is 15.3 Å². The van der Waals surface area contributed by atoms with Crippen LogP contribution in [0.1, 0.15) is 12.8 Å². The van der Waals surface area contributed by atoms with Crippen LogP contribution in [0.15, 0.2) is 0 Å². The summed E-state index contributed by atoms with van der Waals surface area (Å²) in [7, 11) is 0. The molecule has 4 nitrogen and oxygen atoms in total. The summed E-state index contributed by atoms with van der Waals surface area (Å²) in [4.78, 5) is 2.02. The summed E-state index contributed by atoms with van der Waals surface area (Å²) in [6, 6.07) is 0.235. The monoisotopic (exact) mass is 173 g/mol. The van der Waals surface area contributed by atoms with Crippen LogP contribution in [-0.4, -0.2) is 57.7 Å². The van der Waals surface area contributed by atoms with Crippen LogP contribution in [0.5, 0.6) is 0 Å². The van der Waals surface area contributed by atoms with E-state index in [-0.39, 0.29) is 18.7 Å². The van der Waals surface area contributed by atoms with Crippen molar-refractivity contribution in [2.45, 2.75) is 37.1 Å². The van der Waals surface area contributed by atoms with Crippen molar-refractivity contribution < 1.29 is 15.3 Å². The van der Waals surface area contributed by atoms with E-state index in [0.29, 0.717) is 6.54 Å². The molecule has 2 fully saturated rings. The quantitative estimate of drug-likeness (QED) is 0.454. The highest BCUT2D eigenvalue weighted by molar-refractivity contribution is 5.00. The number of rotatable bonds is 1. The fourth-order valence-electron chi connectivity index (χ4n) is 2.39. The van der Waals surface area contributed by atoms with Gasteiger partial charge in [0.05, 0.1) is 18.8 Å². The third-order valence-electron chi connectivity index (χ3n) is 3.09. The van der Waals surface area contributed by atoms with Gasteiger partial charge in [-0.05, 0) is 12.8 Å². The summed E-state index contributed by atoms with van der Waals surface area (Å²) >= 11 is 0. The molecule has 12 heavy (non-hydrogen) atoms. The van der Waals surface area contributed by atoms with Crippen LogP contribution in [0, 0.1) is 0 Å². The van der Waals surface area contributed by atoms with Crippen LogP contribution in [0.4, 0.5) is 0 Å². The van der Waals surface area contributed by atoms with Crippen LogP contribution >= 0.6 is 0 Å². The molecule has 0 amide bonds. The topological polar surface area (TPSA) is 63.9 Å². The van der Waals surface area contributed by atoms with Gasteiger partial charge in [0.2, 0.25) is 0 Å². The van der Waals surface area contributed by atoms with Crippen LogP contribution in [0.25, 0.3) is 0 Å². The van der Waals surface area contributed by atoms with Gasteiger partial charge in [0.15, 0.2) is 0 Å². The van der Waals surface area contributed by atoms with E-state index in [0.717, 1.165) is 12.8 Å². The second-order valence-corrected chi connectivity index (χ2v) is 3.74. The third-order valence-corrected chi connectivity index (χ3v) is 3.09. The first-order valence-electron chi connectivity index (χ1n) is 4.46. The lowest BCUT2D eigenvalue weighted by molar-refractivity contribution is 0.0393. The second-order valence-electron chi connectivity index (χ2n) is 3.74. The third kappa shape index (κ3) is 1.07. The highest BCUT2D eigenvalue weighted by Gasteiger charge is 2.46. The van der Waals surface area contributed by atoms with Gasteiger partial charge in [0.25, 0.3) is 0 Å². The Balaban J connectivity index is 2.08. The zero-order valence-corrected chi connectivity index (χ0v) is 6.93. The lowest BCUT2D eigenvalue weighted by atomic mass is 10.1. The Bertz CT molecular complexity index is 176. The Kier molecular flexibility index (Phi) is 2.08.